The average molecular weight is 205 g/mol. The van der Waals surface area contributed by atoms with Gasteiger partial charge in [-0.3, -0.25) is 0 Å². The lowest BCUT2D eigenvalue weighted by molar-refractivity contribution is -0.0388. The van der Waals surface area contributed by atoms with Crippen LogP contribution in [0.2, 0.25) is 0 Å². The molecule has 2 atom stereocenters. The molecule has 0 aromatic carbocycles. The molecule has 1 saturated heterocycles. The van der Waals surface area contributed by atoms with Crippen LogP contribution in [0.1, 0.15) is 19.8 Å². The van der Waals surface area contributed by atoms with Gasteiger partial charge in [0.15, 0.2) is 0 Å². The van der Waals surface area contributed by atoms with Gasteiger partial charge in [-0.2, -0.15) is 11.8 Å². The number of thioether (sulfide) groups is 1. The quantitative estimate of drug-likeness (QED) is 0.646. The minimum absolute atomic E-state index is 0.125. The molecule has 4 heteroatoms. The zero-order chi connectivity index (χ0) is 9.73. The molecule has 13 heavy (non-hydrogen) atoms. The fourth-order valence-electron chi connectivity index (χ4n) is 1.62. The first-order chi connectivity index (χ1) is 6.25. The maximum atomic E-state index is 8.65. The third-order valence-electron chi connectivity index (χ3n) is 2.67. The third-order valence-corrected chi connectivity index (χ3v) is 4.04. The van der Waals surface area contributed by atoms with Crippen LogP contribution < -0.4 is 5.73 Å². The molecule has 0 aromatic rings. The van der Waals surface area contributed by atoms with Crippen molar-refractivity contribution in [3.8, 4) is 0 Å². The molecule has 1 aliphatic heterocycles. The molecule has 3 nitrogen and oxygen atoms in total. The Morgan fingerprint density at radius 3 is 2.92 bits per heavy atom. The Morgan fingerprint density at radius 2 is 2.46 bits per heavy atom. The van der Waals surface area contributed by atoms with Gasteiger partial charge in [0.1, 0.15) is 0 Å². The van der Waals surface area contributed by atoms with Crippen molar-refractivity contribution in [2.24, 2.45) is 5.73 Å². The Hall–Kier alpha value is 0.230. The third kappa shape index (κ3) is 2.59. The molecular formula is C9H19NO2S. The Kier molecular flexibility index (Phi) is 4.52. The van der Waals surface area contributed by atoms with Crippen LogP contribution in [0, 0.1) is 0 Å². The summed E-state index contributed by atoms with van der Waals surface area (Å²) < 4.78 is 5.79. The molecule has 0 radical (unpaired) electrons. The van der Waals surface area contributed by atoms with Crippen LogP contribution in [0.4, 0.5) is 0 Å². The summed E-state index contributed by atoms with van der Waals surface area (Å²) >= 11 is 1.92. The number of hydrogen-bond acceptors (Lipinski definition) is 4. The van der Waals surface area contributed by atoms with Gasteiger partial charge in [-0.15, -0.1) is 0 Å². The predicted molar refractivity (Wildman–Crippen MR) is 56.0 cm³/mol. The summed E-state index contributed by atoms with van der Waals surface area (Å²) in [6, 6.07) is 0. The molecule has 3 N–H and O–H groups in total. The topological polar surface area (TPSA) is 55.5 Å². The van der Waals surface area contributed by atoms with Crippen molar-refractivity contribution in [2.75, 3.05) is 25.5 Å². The monoisotopic (exact) mass is 205 g/mol. The van der Waals surface area contributed by atoms with Crippen LogP contribution >= 0.6 is 11.8 Å². The van der Waals surface area contributed by atoms with Gasteiger partial charge in [-0.05, 0) is 18.6 Å². The second-order valence-corrected chi connectivity index (χ2v) is 4.91. The molecule has 0 saturated carbocycles. The SMILES string of the molecule is CC1SCCC1(CN)OCCCO. The van der Waals surface area contributed by atoms with Crippen LogP contribution in [0.25, 0.3) is 0 Å². The molecule has 0 aromatic heterocycles. The summed E-state index contributed by atoms with van der Waals surface area (Å²) in [4.78, 5) is 0. The largest absolute Gasteiger partial charge is 0.396 e. The van der Waals surface area contributed by atoms with E-state index in [4.69, 9.17) is 15.6 Å². The van der Waals surface area contributed by atoms with E-state index in [0.29, 0.717) is 24.8 Å². The maximum absolute atomic E-state index is 8.65. The molecule has 1 rings (SSSR count). The fraction of sp³-hybridized carbons (Fsp3) is 1.00. The molecule has 1 fully saturated rings. The standard InChI is InChI=1S/C9H19NO2S/c1-8-9(7-10,3-6-13-8)12-5-2-4-11/h8,11H,2-7,10H2,1H3. The second kappa shape index (κ2) is 5.20. The smallest absolute Gasteiger partial charge is 0.0927 e. The van der Waals surface area contributed by atoms with E-state index in [1.54, 1.807) is 0 Å². The van der Waals surface area contributed by atoms with E-state index in [0.717, 1.165) is 12.2 Å². The van der Waals surface area contributed by atoms with Gasteiger partial charge in [-0.25, -0.2) is 0 Å². The van der Waals surface area contributed by atoms with Gasteiger partial charge in [0.2, 0.25) is 0 Å². The van der Waals surface area contributed by atoms with E-state index >= 15 is 0 Å². The predicted octanol–water partition coefficient (Wildman–Crippen LogP) is 0.608. The molecule has 0 spiro atoms. The lowest BCUT2D eigenvalue weighted by atomic mass is 9.97. The Morgan fingerprint density at radius 1 is 1.69 bits per heavy atom. The normalized spacial score (nSPS) is 33.9. The lowest BCUT2D eigenvalue weighted by Gasteiger charge is -2.31. The number of nitrogens with two attached hydrogens (primary N) is 1. The summed E-state index contributed by atoms with van der Waals surface area (Å²) in [5.74, 6) is 1.14. The molecular weight excluding hydrogens is 186 g/mol. The summed E-state index contributed by atoms with van der Waals surface area (Å²) in [7, 11) is 0. The Bertz CT molecular complexity index is 157. The van der Waals surface area contributed by atoms with Gasteiger partial charge < -0.3 is 15.6 Å². The van der Waals surface area contributed by atoms with Gasteiger partial charge in [-0.1, -0.05) is 6.92 Å². The minimum atomic E-state index is -0.125. The summed E-state index contributed by atoms with van der Waals surface area (Å²) in [5, 5.41) is 9.13. The van der Waals surface area contributed by atoms with Crippen LogP contribution in [-0.2, 0) is 4.74 Å². The molecule has 1 heterocycles. The number of rotatable bonds is 5. The maximum Gasteiger partial charge on any atom is 0.0927 e. The highest BCUT2D eigenvalue weighted by Gasteiger charge is 2.40. The summed E-state index contributed by atoms with van der Waals surface area (Å²) in [6.07, 6.45) is 1.75. The highest BCUT2D eigenvalue weighted by atomic mass is 32.2. The van der Waals surface area contributed by atoms with Crippen LogP contribution in [0.3, 0.4) is 0 Å². The van der Waals surface area contributed by atoms with Crippen LogP contribution in [0.5, 0.6) is 0 Å². The first-order valence-electron chi connectivity index (χ1n) is 4.81. The van der Waals surface area contributed by atoms with E-state index in [1.165, 1.54) is 0 Å². The molecule has 1 aliphatic rings. The molecule has 0 bridgehead atoms. The lowest BCUT2D eigenvalue weighted by Crippen LogP contribution is -2.45. The van der Waals surface area contributed by atoms with Crippen LogP contribution in [0.15, 0.2) is 0 Å². The van der Waals surface area contributed by atoms with Gasteiger partial charge in [0, 0.05) is 25.0 Å². The highest BCUT2D eigenvalue weighted by molar-refractivity contribution is 8.00. The van der Waals surface area contributed by atoms with Gasteiger partial charge >= 0.3 is 0 Å². The Labute approximate surface area is 84.0 Å². The fourth-order valence-corrected chi connectivity index (χ4v) is 3.02. The second-order valence-electron chi connectivity index (χ2n) is 3.46. The van der Waals surface area contributed by atoms with E-state index in [9.17, 15) is 0 Å². The van der Waals surface area contributed by atoms with E-state index in [-0.39, 0.29) is 12.2 Å². The van der Waals surface area contributed by atoms with Crippen LogP contribution in [-0.4, -0.2) is 41.5 Å². The van der Waals surface area contributed by atoms with Crippen molar-refractivity contribution in [1.29, 1.82) is 0 Å². The van der Waals surface area contributed by atoms with Gasteiger partial charge in [0.25, 0.3) is 0 Å². The van der Waals surface area contributed by atoms with Crippen molar-refractivity contribution >= 4 is 11.8 Å². The van der Waals surface area contributed by atoms with E-state index in [2.05, 4.69) is 6.92 Å². The first kappa shape index (κ1) is 11.3. The average Bonchev–Trinajstić information content (AvgIpc) is 2.49. The minimum Gasteiger partial charge on any atom is -0.396 e. The molecule has 2 unspecified atom stereocenters. The van der Waals surface area contributed by atoms with E-state index < -0.39 is 0 Å². The van der Waals surface area contributed by atoms with Crippen molar-refractivity contribution < 1.29 is 9.84 Å². The number of aliphatic hydroxyl groups is 1. The first-order valence-corrected chi connectivity index (χ1v) is 5.86. The molecule has 78 valence electrons. The summed E-state index contributed by atoms with van der Waals surface area (Å²) in [6.45, 7) is 3.58. The molecule has 0 aliphatic carbocycles. The summed E-state index contributed by atoms with van der Waals surface area (Å²) in [5.41, 5.74) is 5.62. The Balaban J connectivity index is 2.39. The number of hydrogen-bond donors (Lipinski definition) is 2. The number of ether oxygens (including phenoxy) is 1. The van der Waals surface area contributed by atoms with Gasteiger partial charge in [0.05, 0.1) is 5.60 Å². The molecule has 0 amide bonds. The zero-order valence-electron chi connectivity index (χ0n) is 8.16. The van der Waals surface area contributed by atoms with E-state index in [1.807, 2.05) is 11.8 Å². The van der Waals surface area contributed by atoms with Crippen molar-refractivity contribution in [3.05, 3.63) is 0 Å². The zero-order valence-corrected chi connectivity index (χ0v) is 8.98. The van der Waals surface area contributed by atoms with Crippen molar-refractivity contribution in [2.45, 2.75) is 30.6 Å². The highest BCUT2D eigenvalue weighted by Crippen LogP contribution is 2.37. The number of aliphatic hydroxyl groups excluding tert-OH is 1. The van der Waals surface area contributed by atoms with Crippen molar-refractivity contribution in [1.82, 2.24) is 0 Å². The van der Waals surface area contributed by atoms with Crippen molar-refractivity contribution in [3.63, 3.8) is 0 Å².